The van der Waals surface area contributed by atoms with Crippen LogP contribution in [0.25, 0.3) is 0 Å². The molecule has 2 rings (SSSR count). The van der Waals surface area contributed by atoms with Crippen molar-refractivity contribution in [1.82, 2.24) is 0 Å². The fourth-order valence-corrected chi connectivity index (χ4v) is 1.59. The molecule has 1 aliphatic heterocycles. The van der Waals surface area contributed by atoms with E-state index in [1.54, 1.807) is 31.2 Å². The van der Waals surface area contributed by atoms with E-state index in [0.717, 1.165) is 0 Å². The van der Waals surface area contributed by atoms with Crippen LogP contribution < -0.4 is 4.74 Å². The van der Waals surface area contributed by atoms with Crippen LogP contribution in [0.3, 0.4) is 0 Å². The van der Waals surface area contributed by atoms with Gasteiger partial charge in [0, 0.05) is 5.56 Å². The Morgan fingerprint density at radius 1 is 1.47 bits per heavy atom. The maximum absolute atomic E-state index is 11.7. The molecular formula is C13H14O4. The minimum Gasteiger partial charge on any atom is -0.445 e. The molecule has 1 aliphatic rings. The van der Waals surface area contributed by atoms with Crippen LogP contribution in [0.5, 0.6) is 5.75 Å². The number of esters is 2. The fourth-order valence-electron chi connectivity index (χ4n) is 1.59. The van der Waals surface area contributed by atoms with E-state index < -0.39 is 12.1 Å². The van der Waals surface area contributed by atoms with Crippen LogP contribution in [-0.4, -0.2) is 11.9 Å². The SMILES string of the molecule is CCC(C)C(=O)OC1C(=O)Oc2ccccc21. The number of hydrogen-bond donors (Lipinski definition) is 0. The van der Waals surface area contributed by atoms with Gasteiger partial charge in [0.2, 0.25) is 6.10 Å². The maximum Gasteiger partial charge on any atom is 0.357 e. The minimum atomic E-state index is -0.910. The van der Waals surface area contributed by atoms with Crippen molar-refractivity contribution in [2.45, 2.75) is 26.4 Å². The largest absolute Gasteiger partial charge is 0.445 e. The second-order valence-corrected chi connectivity index (χ2v) is 4.09. The monoisotopic (exact) mass is 234 g/mol. The van der Waals surface area contributed by atoms with E-state index >= 15 is 0 Å². The summed E-state index contributed by atoms with van der Waals surface area (Å²) in [6.45, 7) is 3.67. The first-order valence-corrected chi connectivity index (χ1v) is 5.64. The fraction of sp³-hybridized carbons (Fsp3) is 0.385. The van der Waals surface area contributed by atoms with Crippen molar-refractivity contribution in [1.29, 1.82) is 0 Å². The predicted octanol–water partition coefficient (Wildman–Crippen LogP) is 2.24. The number of benzene rings is 1. The Labute approximate surface area is 99.5 Å². The minimum absolute atomic E-state index is 0.212. The van der Waals surface area contributed by atoms with E-state index in [9.17, 15) is 9.59 Å². The van der Waals surface area contributed by atoms with Gasteiger partial charge in [-0.3, -0.25) is 4.79 Å². The van der Waals surface area contributed by atoms with E-state index in [-0.39, 0.29) is 11.9 Å². The lowest BCUT2D eigenvalue weighted by Gasteiger charge is -2.12. The molecule has 0 amide bonds. The average molecular weight is 234 g/mol. The summed E-state index contributed by atoms with van der Waals surface area (Å²) in [5.74, 6) is -0.635. The first-order chi connectivity index (χ1) is 8.13. The normalized spacial score (nSPS) is 19.4. The Morgan fingerprint density at radius 2 is 2.18 bits per heavy atom. The quantitative estimate of drug-likeness (QED) is 0.594. The zero-order valence-electron chi connectivity index (χ0n) is 9.80. The molecule has 0 aromatic heterocycles. The Morgan fingerprint density at radius 3 is 2.88 bits per heavy atom. The first kappa shape index (κ1) is 11.6. The van der Waals surface area contributed by atoms with Crippen molar-refractivity contribution in [3.8, 4) is 5.75 Å². The van der Waals surface area contributed by atoms with Crippen molar-refractivity contribution in [2.24, 2.45) is 5.92 Å². The molecule has 0 saturated heterocycles. The highest BCUT2D eigenvalue weighted by molar-refractivity contribution is 5.87. The molecule has 0 bridgehead atoms. The second-order valence-electron chi connectivity index (χ2n) is 4.09. The van der Waals surface area contributed by atoms with Crippen LogP contribution in [0.2, 0.25) is 0 Å². The van der Waals surface area contributed by atoms with Gasteiger partial charge in [-0.15, -0.1) is 0 Å². The first-order valence-electron chi connectivity index (χ1n) is 5.64. The predicted molar refractivity (Wildman–Crippen MR) is 60.4 cm³/mol. The number of hydrogen-bond acceptors (Lipinski definition) is 4. The Balaban J connectivity index is 2.17. The van der Waals surface area contributed by atoms with Crippen molar-refractivity contribution < 1.29 is 19.1 Å². The molecule has 4 heteroatoms. The molecule has 1 aromatic carbocycles. The summed E-state index contributed by atoms with van der Waals surface area (Å²) in [6.07, 6.45) is -0.227. The number of carbonyl (C=O) groups excluding carboxylic acids is 2. The summed E-state index contributed by atoms with van der Waals surface area (Å²) < 4.78 is 10.2. The van der Waals surface area contributed by atoms with Crippen molar-refractivity contribution in [3.05, 3.63) is 29.8 Å². The van der Waals surface area contributed by atoms with Crippen LogP contribution in [0.15, 0.2) is 24.3 Å². The summed E-state index contributed by atoms with van der Waals surface area (Å²) in [6, 6.07) is 6.97. The zero-order chi connectivity index (χ0) is 12.4. The molecule has 90 valence electrons. The van der Waals surface area contributed by atoms with Gasteiger partial charge in [-0.2, -0.15) is 0 Å². The smallest absolute Gasteiger partial charge is 0.357 e. The molecule has 0 radical (unpaired) electrons. The van der Waals surface area contributed by atoms with E-state index in [4.69, 9.17) is 9.47 Å². The lowest BCUT2D eigenvalue weighted by Crippen LogP contribution is -2.21. The topological polar surface area (TPSA) is 52.6 Å². The Bertz CT molecular complexity index is 452. The molecule has 0 saturated carbocycles. The molecule has 0 aliphatic carbocycles. The molecule has 0 spiro atoms. The Kier molecular flexibility index (Phi) is 3.13. The number of fused-ring (bicyclic) bond motifs is 1. The summed E-state index contributed by atoms with van der Waals surface area (Å²) in [7, 11) is 0. The number of carbonyl (C=O) groups is 2. The lowest BCUT2D eigenvalue weighted by molar-refractivity contribution is -0.163. The highest BCUT2D eigenvalue weighted by Crippen LogP contribution is 2.35. The lowest BCUT2D eigenvalue weighted by atomic mass is 10.1. The summed E-state index contributed by atoms with van der Waals surface area (Å²) in [4.78, 5) is 23.2. The third-order valence-corrected chi connectivity index (χ3v) is 2.87. The van der Waals surface area contributed by atoms with Crippen LogP contribution in [0, 0.1) is 5.92 Å². The van der Waals surface area contributed by atoms with Gasteiger partial charge in [0.25, 0.3) is 0 Å². The summed E-state index contributed by atoms with van der Waals surface area (Å²) >= 11 is 0. The van der Waals surface area contributed by atoms with Gasteiger partial charge in [0.05, 0.1) is 5.92 Å². The van der Waals surface area contributed by atoms with Crippen molar-refractivity contribution in [2.75, 3.05) is 0 Å². The molecular weight excluding hydrogens is 220 g/mol. The highest BCUT2D eigenvalue weighted by atomic mass is 16.6. The van der Waals surface area contributed by atoms with Crippen molar-refractivity contribution >= 4 is 11.9 Å². The highest BCUT2D eigenvalue weighted by Gasteiger charge is 2.36. The molecule has 4 nitrogen and oxygen atoms in total. The second kappa shape index (κ2) is 4.57. The van der Waals surface area contributed by atoms with Gasteiger partial charge in [-0.05, 0) is 12.5 Å². The molecule has 17 heavy (non-hydrogen) atoms. The number of rotatable bonds is 3. The Hall–Kier alpha value is -1.84. The number of para-hydroxylation sites is 1. The van der Waals surface area contributed by atoms with Gasteiger partial charge in [0.1, 0.15) is 5.75 Å². The molecule has 1 aromatic rings. The third kappa shape index (κ3) is 2.16. The van der Waals surface area contributed by atoms with E-state index in [0.29, 0.717) is 17.7 Å². The van der Waals surface area contributed by atoms with Gasteiger partial charge in [-0.1, -0.05) is 32.0 Å². The molecule has 2 atom stereocenters. The molecule has 2 unspecified atom stereocenters. The summed E-state index contributed by atoms with van der Waals surface area (Å²) in [5, 5.41) is 0. The molecule has 0 fully saturated rings. The number of ether oxygens (including phenoxy) is 2. The van der Waals surface area contributed by atoms with Crippen LogP contribution in [0.4, 0.5) is 0 Å². The van der Waals surface area contributed by atoms with E-state index in [1.165, 1.54) is 0 Å². The van der Waals surface area contributed by atoms with Crippen molar-refractivity contribution in [3.63, 3.8) is 0 Å². The summed E-state index contributed by atoms with van der Waals surface area (Å²) in [5.41, 5.74) is 0.620. The van der Waals surface area contributed by atoms with Gasteiger partial charge < -0.3 is 9.47 Å². The van der Waals surface area contributed by atoms with E-state index in [1.807, 2.05) is 6.92 Å². The van der Waals surface area contributed by atoms with Crippen LogP contribution >= 0.6 is 0 Å². The molecule has 1 heterocycles. The van der Waals surface area contributed by atoms with Gasteiger partial charge >= 0.3 is 11.9 Å². The zero-order valence-corrected chi connectivity index (χ0v) is 9.80. The maximum atomic E-state index is 11.7. The third-order valence-electron chi connectivity index (χ3n) is 2.87. The van der Waals surface area contributed by atoms with Crippen LogP contribution in [-0.2, 0) is 14.3 Å². The van der Waals surface area contributed by atoms with Gasteiger partial charge in [0.15, 0.2) is 0 Å². The standard InChI is InChI=1S/C13H14O4/c1-3-8(2)12(14)17-11-9-6-4-5-7-10(9)16-13(11)15/h4-8,11H,3H2,1-2H3. The van der Waals surface area contributed by atoms with Crippen LogP contribution in [0.1, 0.15) is 31.9 Å². The average Bonchev–Trinajstić information content (AvgIpc) is 2.65. The molecule has 0 N–H and O–H groups in total. The van der Waals surface area contributed by atoms with E-state index in [2.05, 4.69) is 0 Å². The van der Waals surface area contributed by atoms with Gasteiger partial charge in [-0.25, -0.2) is 4.79 Å².